The van der Waals surface area contributed by atoms with Gasteiger partial charge in [0.1, 0.15) is 23.3 Å². The van der Waals surface area contributed by atoms with Gasteiger partial charge in [-0.25, -0.2) is 0 Å². The number of hydrogen-bond donors (Lipinski definition) is 2. The molecule has 2 atom stereocenters. The van der Waals surface area contributed by atoms with Crippen LogP contribution in [0.1, 0.15) is 42.1 Å². The first kappa shape index (κ1) is 21.2. The van der Waals surface area contributed by atoms with Crippen molar-refractivity contribution < 1.29 is 23.0 Å². The van der Waals surface area contributed by atoms with Crippen molar-refractivity contribution in [2.24, 2.45) is 4.99 Å². The number of halogens is 3. The van der Waals surface area contributed by atoms with E-state index in [1.54, 1.807) is 38.2 Å². The maximum absolute atomic E-state index is 12.8. The Morgan fingerprint density at radius 2 is 1.83 bits per heavy atom. The lowest BCUT2D eigenvalue weighted by Crippen LogP contribution is -2.53. The zero-order chi connectivity index (χ0) is 22.1. The molecular formula is C21H17F3N4O2. The molecule has 1 aliphatic rings. The van der Waals surface area contributed by atoms with Gasteiger partial charge in [-0.3, -0.25) is 0 Å². The number of amidine groups is 1. The van der Waals surface area contributed by atoms with Crippen molar-refractivity contribution in [1.82, 2.24) is 5.32 Å². The average Bonchev–Trinajstić information content (AvgIpc) is 2.69. The molecule has 2 N–H and O–H groups in total. The molecule has 1 heterocycles. The normalized spacial score (nSPS) is 20.3. The summed E-state index contributed by atoms with van der Waals surface area (Å²) < 4.78 is 44.4. The maximum atomic E-state index is 12.8. The van der Waals surface area contributed by atoms with E-state index < -0.39 is 29.5 Å². The fourth-order valence-electron chi connectivity index (χ4n) is 3.22. The Labute approximate surface area is 170 Å². The van der Waals surface area contributed by atoms with Gasteiger partial charge in [-0.05, 0) is 44.2 Å². The molecule has 0 amide bonds. The number of hydrogen-bond acceptors (Lipinski definition) is 5. The molecule has 3 rings (SSSR count). The Morgan fingerprint density at radius 3 is 2.40 bits per heavy atom. The molecule has 0 saturated carbocycles. The van der Waals surface area contributed by atoms with Crippen LogP contribution in [-0.4, -0.2) is 22.6 Å². The van der Waals surface area contributed by atoms with E-state index in [1.807, 2.05) is 6.07 Å². The number of alkyl halides is 3. The van der Waals surface area contributed by atoms with Crippen molar-refractivity contribution in [1.29, 1.82) is 10.5 Å². The molecular weight excluding hydrogens is 397 g/mol. The highest BCUT2D eigenvalue weighted by Crippen LogP contribution is 2.40. The van der Waals surface area contributed by atoms with E-state index in [4.69, 9.17) is 10.00 Å². The van der Waals surface area contributed by atoms with Crippen LogP contribution in [0.2, 0.25) is 0 Å². The highest BCUT2D eigenvalue weighted by atomic mass is 19.4. The van der Waals surface area contributed by atoms with Crippen LogP contribution in [0.15, 0.2) is 47.5 Å². The third kappa shape index (κ3) is 4.07. The highest BCUT2D eigenvalue weighted by molar-refractivity contribution is 5.99. The minimum atomic E-state index is -4.49. The van der Waals surface area contributed by atoms with Crippen LogP contribution in [0, 0.1) is 22.8 Å². The van der Waals surface area contributed by atoms with Gasteiger partial charge in [-0.15, -0.1) is 0 Å². The van der Waals surface area contributed by atoms with Gasteiger partial charge in [0.2, 0.25) is 6.19 Å². The fourth-order valence-corrected chi connectivity index (χ4v) is 3.22. The Bertz CT molecular complexity index is 1060. The van der Waals surface area contributed by atoms with E-state index in [-0.39, 0.29) is 11.4 Å². The van der Waals surface area contributed by atoms with Gasteiger partial charge in [-0.1, -0.05) is 12.1 Å². The van der Waals surface area contributed by atoms with Crippen molar-refractivity contribution >= 4 is 5.84 Å². The first-order chi connectivity index (χ1) is 14.1. The third-order valence-electron chi connectivity index (χ3n) is 4.81. The van der Waals surface area contributed by atoms with Crippen LogP contribution >= 0.6 is 0 Å². The number of ether oxygens (including phenoxy) is 1. The first-order valence-corrected chi connectivity index (χ1v) is 8.89. The number of nitriles is 2. The molecule has 1 aliphatic heterocycles. The Hall–Kier alpha value is -3.56. The van der Waals surface area contributed by atoms with Crippen LogP contribution in [-0.2, 0) is 6.18 Å². The van der Waals surface area contributed by atoms with Gasteiger partial charge in [-0.2, -0.15) is 28.7 Å². The number of aliphatic imine (C=N–C) groups is 1. The molecule has 2 aromatic rings. The largest absolute Gasteiger partial charge is 0.485 e. The second-order valence-corrected chi connectivity index (χ2v) is 7.27. The van der Waals surface area contributed by atoms with Gasteiger partial charge in [0, 0.05) is 11.1 Å². The minimum Gasteiger partial charge on any atom is -0.485 e. The van der Waals surface area contributed by atoms with Crippen molar-refractivity contribution in [2.45, 2.75) is 37.8 Å². The number of aliphatic hydroxyl groups excluding tert-OH is 1. The zero-order valence-corrected chi connectivity index (χ0v) is 16.0. The SMILES string of the molecule is CC1(C)Oc2ccc(C#N)cc2[C@H](N/C(=N\C#N)c2ccc(C(F)(F)F)cc2)[C@H]1O. The molecule has 154 valence electrons. The summed E-state index contributed by atoms with van der Waals surface area (Å²) in [6.07, 6.45) is -3.99. The first-order valence-electron chi connectivity index (χ1n) is 8.89. The third-order valence-corrected chi connectivity index (χ3v) is 4.81. The van der Waals surface area contributed by atoms with Crippen molar-refractivity contribution in [3.63, 3.8) is 0 Å². The van der Waals surface area contributed by atoms with Crippen LogP contribution in [0.25, 0.3) is 0 Å². The second kappa shape index (κ2) is 7.69. The van der Waals surface area contributed by atoms with Crippen LogP contribution in [0.3, 0.4) is 0 Å². The van der Waals surface area contributed by atoms with E-state index in [1.165, 1.54) is 12.1 Å². The highest BCUT2D eigenvalue weighted by Gasteiger charge is 2.43. The van der Waals surface area contributed by atoms with Gasteiger partial charge in [0.05, 0.1) is 23.2 Å². The van der Waals surface area contributed by atoms with E-state index in [2.05, 4.69) is 10.3 Å². The molecule has 0 aromatic heterocycles. The molecule has 0 bridgehead atoms. The maximum Gasteiger partial charge on any atom is 0.416 e. The van der Waals surface area contributed by atoms with Crippen molar-refractivity contribution in [2.75, 3.05) is 0 Å². The quantitative estimate of drug-likeness (QED) is 0.444. The summed E-state index contributed by atoms with van der Waals surface area (Å²) in [5.41, 5.74) is -0.808. The van der Waals surface area contributed by atoms with Gasteiger partial charge < -0.3 is 15.2 Å². The molecule has 0 radical (unpaired) electrons. The van der Waals surface area contributed by atoms with Crippen LogP contribution in [0.4, 0.5) is 13.2 Å². The van der Waals surface area contributed by atoms with Crippen molar-refractivity contribution in [3.8, 4) is 18.0 Å². The molecule has 0 unspecified atom stereocenters. The second-order valence-electron chi connectivity index (χ2n) is 7.27. The lowest BCUT2D eigenvalue weighted by Gasteiger charge is -2.42. The average molecular weight is 414 g/mol. The number of benzene rings is 2. The molecule has 9 heteroatoms. The summed E-state index contributed by atoms with van der Waals surface area (Å²) in [5, 5.41) is 32.1. The van der Waals surface area contributed by atoms with Gasteiger partial charge in [0.15, 0.2) is 0 Å². The van der Waals surface area contributed by atoms with Gasteiger partial charge in [0.25, 0.3) is 0 Å². The molecule has 0 spiro atoms. The molecule has 2 aromatic carbocycles. The lowest BCUT2D eigenvalue weighted by molar-refractivity contribution is -0.137. The summed E-state index contributed by atoms with van der Waals surface area (Å²) in [5.74, 6) is 0.423. The standard InChI is InChI=1S/C21H17F3N4O2/c1-20(2)18(29)17(15-9-12(10-25)3-8-16(15)30-20)28-19(27-11-26)13-4-6-14(7-5-13)21(22,23)24/h3-9,17-18,29H,1-2H3,(H,27,28)/t17-,18+/m0/s1. The molecule has 0 fully saturated rings. The number of aliphatic hydroxyl groups is 1. The monoisotopic (exact) mass is 414 g/mol. The predicted molar refractivity (Wildman–Crippen MR) is 101 cm³/mol. The summed E-state index contributed by atoms with van der Waals surface area (Å²) in [7, 11) is 0. The minimum absolute atomic E-state index is 0.0127. The topological polar surface area (TPSA) is 101 Å². The van der Waals surface area contributed by atoms with E-state index in [9.17, 15) is 23.5 Å². The number of fused-ring (bicyclic) bond motifs is 1. The van der Waals surface area contributed by atoms with Crippen LogP contribution < -0.4 is 10.1 Å². The summed E-state index contributed by atoms with van der Waals surface area (Å²) >= 11 is 0. The zero-order valence-electron chi connectivity index (χ0n) is 16.0. The number of nitrogens with one attached hydrogen (secondary N) is 1. The van der Waals surface area contributed by atoms with Gasteiger partial charge >= 0.3 is 6.18 Å². The van der Waals surface area contributed by atoms with E-state index in [0.29, 0.717) is 16.9 Å². The van der Waals surface area contributed by atoms with E-state index in [0.717, 1.165) is 12.1 Å². The van der Waals surface area contributed by atoms with Crippen molar-refractivity contribution in [3.05, 3.63) is 64.7 Å². The Kier molecular flexibility index (Phi) is 5.43. The predicted octanol–water partition coefficient (Wildman–Crippen LogP) is 3.67. The summed E-state index contributed by atoms with van der Waals surface area (Å²) in [6.45, 7) is 3.35. The molecule has 0 aliphatic carbocycles. The van der Waals surface area contributed by atoms with E-state index >= 15 is 0 Å². The summed E-state index contributed by atoms with van der Waals surface area (Å²) in [6, 6.07) is 10.1. The lowest BCUT2D eigenvalue weighted by atomic mass is 9.85. The number of nitrogens with zero attached hydrogens (tertiary/aromatic N) is 3. The molecule has 0 saturated heterocycles. The fraction of sp³-hybridized carbons (Fsp3) is 0.286. The smallest absolute Gasteiger partial charge is 0.416 e. The van der Waals surface area contributed by atoms with Crippen LogP contribution in [0.5, 0.6) is 5.75 Å². The molecule has 30 heavy (non-hydrogen) atoms. The Morgan fingerprint density at radius 1 is 1.17 bits per heavy atom. The summed E-state index contributed by atoms with van der Waals surface area (Å²) in [4.78, 5) is 3.69. The Balaban J connectivity index is 2.02. The molecule has 6 nitrogen and oxygen atoms in total. The number of rotatable bonds is 2.